The minimum atomic E-state index is -0.937. The lowest BCUT2D eigenvalue weighted by molar-refractivity contribution is -0.130. The molecule has 0 heterocycles. The molecule has 0 aliphatic heterocycles. The number of aliphatic carboxylic acids is 1. The standard InChI is InChI=1S/C18H18O3/c1-3-21-16-10-6-14(7-11-16)12-17(18(19)20)15-8-4-13(2)5-9-15/h4-12H,3H2,1-2H3,(H,19,20)/b17-12-. The van der Waals surface area contributed by atoms with E-state index in [2.05, 4.69) is 0 Å². The Bertz CT molecular complexity index is 637. The predicted molar refractivity (Wildman–Crippen MR) is 84.3 cm³/mol. The molecule has 3 heteroatoms. The van der Waals surface area contributed by atoms with Crippen molar-refractivity contribution in [2.24, 2.45) is 0 Å². The van der Waals surface area contributed by atoms with Gasteiger partial charge in [-0.15, -0.1) is 0 Å². The quantitative estimate of drug-likeness (QED) is 0.665. The highest BCUT2D eigenvalue weighted by Gasteiger charge is 2.10. The third-order valence-corrected chi connectivity index (χ3v) is 3.10. The van der Waals surface area contributed by atoms with E-state index in [0.717, 1.165) is 16.9 Å². The second-order valence-electron chi connectivity index (χ2n) is 4.73. The van der Waals surface area contributed by atoms with Crippen molar-refractivity contribution in [2.45, 2.75) is 13.8 Å². The molecule has 0 spiro atoms. The van der Waals surface area contributed by atoms with Gasteiger partial charge in [-0.2, -0.15) is 0 Å². The van der Waals surface area contributed by atoms with Crippen LogP contribution in [0.1, 0.15) is 23.6 Å². The molecule has 2 aromatic rings. The molecule has 1 N–H and O–H groups in total. The van der Waals surface area contributed by atoms with Crippen LogP contribution in [0.15, 0.2) is 48.5 Å². The van der Waals surface area contributed by atoms with Crippen LogP contribution >= 0.6 is 0 Å². The van der Waals surface area contributed by atoms with Crippen LogP contribution in [0.3, 0.4) is 0 Å². The van der Waals surface area contributed by atoms with Crippen molar-refractivity contribution in [3.63, 3.8) is 0 Å². The maximum Gasteiger partial charge on any atom is 0.336 e. The van der Waals surface area contributed by atoms with Crippen molar-refractivity contribution in [3.8, 4) is 5.75 Å². The van der Waals surface area contributed by atoms with Gasteiger partial charge in [0.15, 0.2) is 0 Å². The zero-order chi connectivity index (χ0) is 15.2. The van der Waals surface area contributed by atoms with Gasteiger partial charge in [-0.1, -0.05) is 42.0 Å². The number of carboxylic acid groups (broad SMARTS) is 1. The number of rotatable bonds is 5. The molecule has 0 aliphatic carbocycles. The van der Waals surface area contributed by atoms with Gasteiger partial charge in [-0.25, -0.2) is 4.79 Å². The summed E-state index contributed by atoms with van der Waals surface area (Å²) in [4.78, 5) is 11.5. The summed E-state index contributed by atoms with van der Waals surface area (Å²) in [6.07, 6.45) is 1.67. The van der Waals surface area contributed by atoms with Gasteiger partial charge in [-0.05, 0) is 43.2 Å². The first-order chi connectivity index (χ1) is 10.1. The number of hydrogen-bond donors (Lipinski definition) is 1. The molecule has 0 fully saturated rings. The van der Waals surface area contributed by atoms with Gasteiger partial charge in [0.2, 0.25) is 0 Å². The van der Waals surface area contributed by atoms with Crippen LogP contribution in [-0.2, 0) is 4.79 Å². The third-order valence-electron chi connectivity index (χ3n) is 3.10. The Kier molecular flexibility index (Phi) is 4.77. The van der Waals surface area contributed by atoms with E-state index in [-0.39, 0.29) is 5.57 Å². The van der Waals surface area contributed by atoms with E-state index >= 15 is 0 Å². The molecule has 0 saturated carbocycles. The zero-order valence-corrected chi connectivity index (χ0v) is 12.2. The van der Waals surface area contributed by atoms with E-state index in [1.165, 1.54) is 0 Å². The predicted octanol–water partition coefficient (Wildman–Crippen LogP) is 4.02. The fourth-order valence-electron chi connectivity index (χ4n) is 2.00. The highest BCUT2D eigenvalue weighted by molar-refractivity contribution is 6.20. The Morgan fingerprint density at radius 2 is 1.71 bits per heavy atom. The minimum Gasteiger partial charge on any atom is -0.494 e. The lowest BCUT2D eigenvalue weighted by atomic mass is 10.0. The zero-order valence-electron chi connectivity index (χ0n) is 12.2. The van der Waals surface area contributed by atoms with E-state index in [9.17, 15) is 9.90 Å². The Labute approximate surface area is 124 Å². The van der Waals surface area contributed by atoms with Crippen LogP contribution in [0.5, 0.6) is 5.75 Å². The number of carboxylic acids is 1. The average Bonchev–Trinajstić information content (AvgIpc) is 2.47. The summed E-state index contributed by atoms with van der Waals surface area (Å²) in [6.45, 7) is 4.51. The maximum absolute atomic E-state index is 11.5. The number of benzene rings is 2. The second-order valence-corrected chi connectivity index (χ2v) is 4.73. The fourth-order valence-corrected chi connectivity index (χ4v) is 2.00. The molecule has 0 radical (unpaired) electrons. The van der Waals surface area contributed by atoms with Crippen LogP contribution in [0.2, 0.25) is 0 Å². The van der Waals surface area contributed by atoms with Crippen molar-refractivity contribution in [1.82, 2.24) is 0 Å². The molecule has 0 atom stereocenters. The summed E-state index contributed by atoms with van der Waals surface area (Å²) in [6, 6.07) is 14.8. The van der Waals surface area contributed by atoms with Gasteiger partial charge < -0.3 is 9.84 Å². The van der Waals surface area contributed by atoms with Gasteiger partial charge in [-0.3, -0.25) is 0 Å². The van der Waals surface area contributed by atoms with Crippen molar-refractivity contribution < 1.29 is 14.6 Å². The molecule has 0 bridgehead atoms. The number of carbonyl (C=O) groups is 1. The lowest BCUT2D eigenvalue weighted by Gasteiger charge is -2.05. The normalized spacial score (nSPS) is 11.2. The van der Waals surface area contributed by atoms with Gasteiger partial charge in [0, 0.05) is 0 Å². The minimum absolute atomic E-state index is 0.277. The molecule has 0 saturated heterocycles. The third kappa shape index (κ3) is 3.96. The van der Waals surface area contributed by atoms with Gasteiger partial charge in [0.1, 0.15) is 5.75 Å². The first-order valence-electron chi connectivity index (χ1n) is 6.85. The SMILES string of the molecule is CCOc1ccc(/C=C(\C(=O)O)c2ccc(C)cc2)cc1. The van der Waals surface area contributed by atoms with Crippen LogP contribution in [-0.4, -0.2) is 17.7 Å². The number of aryl methyl sites for hydroxylation is 1. The van der Waals surface area contributed by atoms with Crippen LogP contribution in [0, 0.1) is 6.92 Å². The van der Waals surface area contributed by atoms with E-state index in [4.69, 9.17) is 4.74 Å². The Morgan fingerprint density at radius 1 is 1.10 bits per heavy atom. The summed E-state index contributed by atoms with van der Waals surface area (Å²) in [5, 5.41) is 9.40. The molecule has 2 rings (SSSR count). The Hall–Kier alpha value is -2.55. The molecule has 108 valence electrons. The molecule has 21 heavy (non-hydrogen) atoms. The maximum atomic E-state index is 11.5. The molecule has 3 nitrogen and oxygen atoms in total. The molecule has 0 amide bonds. The van der Waals surface area contributed by atoms with Crippen LogP contribution in [0.25, 0.3) is 11.6 Å². The molecule has 0 aliphatic rings. The first kappa shape index (κ1) is 14.9. The van der Waals surface area contributed by atoms with Crippen molar-refractivity contribution in [1.29, 1.82) is 0 Å². The monoisotopic (exact) mass is 282 g/mol. The summed E-state index contributed by atoms with van der Waals surface area (Å²) >= 11 is 0. The summed E-state index contributed by atoms with van der Waals surface area (Å²) in [5.74, 6) is -0.158. The largest absolute Gasteiger partial charge is 0.494 e. The summed E-state index contributed by atoms with van der Waals surface area (Å²) in [7, 11) is 0. The average molecular weight is 282 g/mol. The van der Waals surface area contributed by atoms with Gasteiger partial charge >= 0.3 is 5.97 Å². The Balaban J connectivity index is 2.33. The molecule has 0 unspecified atom stereocenters. The van der Waals surface area contributed by atoms with E-state index in [1.807, 2.05) is 62.4 Å². The van der Waals surface area contributed by atoms with Crippen LogP contribution < -0.4 is 4.74 Å². The number of ether oxygens (including phenoxy) is 1. The van der Waals surface area contributed by atoms with Crippen molar-refractivity contribution in [3.05, 3.63) is 65.2 Å². The molecular formula is C18H18O3. The summed E-state index contributed by atoms with van der Waals surface area (Å²) < 4.78 is 5.37. The lowest BCUT2D eigenvalue weighted by Crippen LogP contribution is -1.99. The van der Waals surface area contributed by atoms with Crippen molar-refractivity contribution in [2.75, 3.05) is 6.61 Å². The van der Waals surface area contributed by atoms with Gasteiger partial charge in [0.25, 0.3) is 0 Å². The van der Waals surface area contributed by atoms with Crippen LogP contribution in [0.4, 0.5) is 0 Å². The summed E-state index contributed by atoms with van der Waals surface area (Å²) in [5.41, 5.74) is 2.90. The molecule has 2 aromatic carbocycles. The second kappa shape index (κ2) is 6.75. The van der Waals surface area contributed by atoms with Gasteiger partial charge in [0.05, 0.1) is 12.2 Å². The highest BCUT2D eigenvalue weighted by atomic mass is 16.5. The fraction of sp³-hybridized carbons (Fsp3) is 0.167. The van der Waals surface area contributed by atoms with E-state index < -0.39 is 5.97 Å². The molecule has 0 aromatic heterocycles. The number of hydrogen-bond acceptors (Lipinski definition) is 2. The first-order valence-corrected chi connectivity index (χ1v) is 6.85. The van der Waals surface area contributed by atoms with E-state index in [1.54, 1.807) is 6.08 Å². The topological polar surface area (TPSA) is 46.5 Å². The highest BCUT2D eigenvalue weighted by Crippen LogP contribution is 2.21. The molecular weight excluding hydrogens is 264 g/mol. The smallest absolute Gasteiger partial charge is 0.336 e. The Morgan fingerprint density at radius 3 is 2.24 bits per heavy atom. The van der Waals surface area contributed by atoms with E-state index in [0.29, 0.717) is 12.2 Å². The van der Waals surface area contributed by atoms with Crippen molar-refractivity contribution >= 4 is 17.6 Å².